The van der Waals surface area contributed by atoms with E-state index in [-0.39, 0.29) is 5.75 Å². The van der Waals surface area contributed by atoms with Crippen LogP contribution in [0.3, 0.4) is 0 Å². The lowest BCUT2D eigenvalue weighted by atomic mass is 10.0. The van der Waals surface area contributed by atoms with Crippen molar-refractivity contribution in [2.75, 3.05) is 24.5 Å². The molecule has 1 heterocycles. The molecule has 1 aromatic carbocycles. The summed E-state index contributed by atoms with van der Waals surface area (Å²) in [7, 11) is 0. The molecule has 0 amide bonds. The Morgan fingerprint density at radius 1 is 1.42 bits per heavy atom. The maximum atomic E-state index is 12.4. The van der Waals surface area contributed by atoms with Crippen LogP contribution in [0, 0.1) is 0 Å². The fourth-order valence-electron chi connectivity index (χ4n) is 2.57. The van der Waals surface area contributed by atoms with Crippen LogP contribution >= 0.6 is 0 Å². The first-order valence-corrected chi connectivity index (χ1v) is 6.73. The van der Waals surface area contributed by atoms with Crippen LogP contribution in [-0.4, -0.2) is 32.3 Å². The van der Waals surface area contributed by atoms with Gasteiger partial charge in [0, 0.05) is 19.1 Å². The second kappa shape index (κ2) is 6.70. The number of anilines is 1. The summed E-state index contributed by atoms with van der Waals surface area (Å²) in [5.41, 5.74) is 0.755. The average Bonchev–Trinajstić information content (AvgIpc) is 2.39. The van der Waals surface area contributed by atoms with E-state index in [1.54, 1.807) is 12.1 Å². The number of likely N-dealkylation sites (N-methyl/N-ethyl adjacent to an activating group) is 1. The number of nitrogens with one attached hydrogen (secondary N) is 1. The molecule has 0 bridgehead atoms. The van der Waals surface area contributed by atoms with E-state index in [2.05, 4.69) is 21.9 Å². The number of hydrogen-bond donors (Lipinski definition) is 1. The average molecular weight is 270 g/mol. The minimum atomic E-state index is -2.78. The van der Waals surface area contributed by atoms with E-state index in [1.165, 1.54) is 0 Å². The molecular formula is C14H20F2N2O. The zero-order chi connectivity index (χ0) is 13.7. The molecule has 1 unspecified atom stereocenters. The van der Waals surface area contributed by atoms with Gasteiger partial charge in [-0.2, -0.15) is 8.78 Å². The molecular weight excluding hydrogens is 250 g/mol. The van der Waals surface area contributed by atoms with E-state index in [0.29, 0.717) is 6.04 Å². The van der Waals surface area contributed by atoms with Gasteiger partial charge in [0.05, 0.1) is 5.69 Å². The lowest BCUT2D eigenvalue weighted by molar-refractivity contribution is -0.0495. The summed E-state index contributed by atoms with van der Waals surface area (Å²) in [6.45, 7) is 1.93. The highest BCUT2D eigenvalue weighted by Gasteiger charge is 2.22. The third kappa shape index (κ3) is 3.80. The van der Waals surface area contributed by atoms with Gasteiger partial charge in [0.2, 0.25) is 0 Å². The molecule has 0 aliphatic carbocycles. The Morgan fingerprint density at radius 3 is 2.95 bits per heavy atom. The first-order chi connectivity index (χ1) is 9.20. The Labute approximate surface area is 112 Å². The number of piperidine rings is 1. The minimum Gasteiger partial charge on any atom is -0.433 e. The predicted molar refractivity (Wildman–Crippen MR) is 72.0 cm³/mol. The maximum Gasteiger partial charge on any atom is 0.387 e. The standard InChI is InChI=1S/C14H20F2N2O/c1-2-17-11-6-5-9-18(10-11)12-7-3-4-8-13(12)19-14(15)16/h3-4,7-8,11,14,17H,2,5-6,9-10H2,1H3. The maximum absolute atomic E-state index is 12.4. The van der Waals surface area contributed by atoms with E-state index in [0.717, 1.165) is 38.2 Å². The molecule has 1 aliphatic heterocycles. The summed E-state index contributed by atoms with van der Waals surface area (Å²) in [6.07, 6.45) is 2.18. The quantitative estimate of drug-likeness (QED) is 0.890. The van der Waals surface area contributed by atoms with Crippen molar-refractivity contribution in [3.63, 3.8) is 0 Å². The van der Waals surface area contributed by atoms with Crippen molar-refractivity contribution in [2.24, 2.45) is 0 Å². The molecule has 0 aromatic heterocycles. The zero-order valence-corrected chi connectivity index (χ0v) is 11.1. The highest BCUT2D eigenvalue weighted by molar-refractivity contribution is 5.58. The van der Waals surface area contributed by atoms with Crippen molar-refractivity contribution < 1.29 is 13.5 Å². The van der Waals surface area contributed by atoms with E-state index < -0.39 is 6.61 Å². The zero-order valence-electron chi connectivity index (χ0n) is 11.1. The van der Waals surface area contributed by atoms with Gasteiger partial charge in [0.15, 0.2) is 0 Å². The van der Waals surface area contributed by atoms with Gasteiger partial charge in [-0.3, -0.25) is 0 Å². The number of ether oxygens (including phenoxy) is 1. The molecule has 106 valence electrons. The molecule has 0 saturated carbocycles. The van der Waals surface area contributed by atoms with Crippen LogP contribution < -0.4 is 15.0 Å². The number of rotatable bonds is 5. The lowest BCUT2D eigenvalue weighted by Crippen LogP contribution is -2.45. The van der Waals surface area contributed by atoms with E-state index in [1.807, 2.05) is 12.1 Å². The van der Waals surface area contributed by atoms with Crippen molar-refractivity contribution in [1.82, 2.24) is 5.32 Å². The van der Waals surface area contributed by atoms with Crippen molar-refractivity contribution >= 4 is 5.69 Å². The predicted octanol–water partition coefficient (Wildman–Crippen LogP) is 2.87. The minimum absolute atomic E-state index is 0.259. The molecule has 0 radical (unpaired) electrons. The summed E-state index contributed by atoms with van der Waals surface area (Å²) in [6, 6.07) is 7.42. The van der Waals surface area contributed by atoms with Crippen LogP contribution in [-0.2, 0) is 0 Å². The van der Waals surface area contributed by atoms with Crippen LogP contribution in [0.25, 0.3) is 0 Å². The second-order valence-corrected chi connectivity index (χ2v) is 4.69. The summed E-state index contributed by atoms with van der Waals surface area (Å²) in [5, 5.41) is 3.41. The van der Waals surface area contributed by atoms with Gasteiger partial charge in [-0.25, -0.2) is 0 Å². The summed E-state index contributed by atoms with van der Waals surface area (Å²) >= 11 is 0. The highest BCUT2D eigenvalue weighted by atomic mass is 19.3. The fourth-order valence-corrected chi connectivity index (χ4v) is 2.57. The molecule has 0 spiro atoms. The first-order valence-electron chi connectivity index (χ1n) is 6.73. The SMILES string of the molecule is CCNC1CCCN(c2ccccc2OC(F)F)C1. The van der Waals surface area contributed by atoms with Crippen molar-refractivity contribution in [2.45, 2.75) is 32.4 Å². The smallest absolute Gasteiger partial charge is 0.387 e. The Morgan fingerprint density at radius 2 is 2.21 bits per heavy atom. The number of hydrogen-bond acceptors (Lipinski definition) is 3. The van der Waals surface area contributed by atoms with Gasteiger partial charge in [0.25, 0.3) is 0 Å². The number of para-hydroxylation sites is 2. The molecule has 1 aliphatic rings. The normalized spacial score (nSPS) is 19.8. The molecule has 2 rings (SSSR count). The molecule has 1 atom stereocenters. The van der Waals surface area contributed by atoms with E-state index in [4.69, 9.17) is 0 Å². The Hall–Kier alpha value is -1.36. The monoisotopic (exact) mass is 270 g/mol. The topological polar surface area (TPSA) is 24.5 Å². The fraction of sp³-hybridized carbons (Fsp3) is 0.571. The van der Waals surface area contributed by atoms with Gasteiger partial charge >= 0.3 is 6.61 Å². The van der Waals surface area contributed by atoms with Crippen LogP contribution in [0.15, 0.2) is 24.3 Å². The Bertz CT molecular complexity index is 399. The van der Waals surface area contributed by atoms with Crippen molar-refractivity contribution in [1.29, 1.82) is 0 Å². The number of halogens is 2. The van der Waals surface area contributed by atoms with Crippen LogP contribution in [0.1, 0.15) is 19.8 Å². The number of alkyl halides is 2. The number of nitrogens with zero attached hydrogens (tertiary/aromatic N) is 1. The Kier molecular flexibility index (Phi) is 4.96. The third-order valence-corrected chi connectivity index (χ3v) is 3.34. The van der Waals surface area contributed by atoms with Gasteiger partial charge in [-0.1, -0.05) is 19.1 Å². The lowest BCUT2D eigenvalue weighted by Gasteiger charge is -2.35. The van der Waals surface area contributed by atoms with Gasteiger partial charge in [-0.15, -0.1) is 0 Å². The number of benzene rings is 1. The molecule has 1 saturated heterocycles. The van der Waals surface area contributed by atoms with Gasteiger partial charge in [0.1, 0.15) is 5.75 Å². The van der Waals surface area contributed by atoms with Crippen LogP contribution in [0.2, 0.25) is 0 Å². The summed E-state index contributed by atoms with van der Waals surface area (Å²) < 4.78 is 29.4. The van der Waals surface area contributed by atoms with Gasteiger partial charge in [-0.05, 0) is 31.5 Å². The third-order valence-electron chi connectivity index (χ3n) is 3.34. The molecule has 1 N–H and O–H groups in total. The van der Waals surface area contributed by atoms with Crippen molar-refractivity contribution in [3.05, 3.63) is 24.3 Å². The largest absolute Gasteiger partial charge is 0.433 e. The molecule has 19 heavy (non-hydrogen) atoms. The van der Waals surface area contributed by atoms with Crippen molar-refractivity contribution in [3.8, 4) is 5.75 Å². The summed E-state index contributed by atoms with van der Waals surface area (Å²) in [5.74, 6) is 0.259. The molecule has 1 aromatic rings. The van der Waals surface area contributed by atoms with Gasteiger partial charge < -0.3 is 15.0 Å². The molecule has 5 heteroatoms. The summed E-state index contributed by atoms with van der Waals surface area (Å²) in [4.78, 5) is 2.12. The first kappa shape index (κ1) is 14.1. The Balaban J connectivity index is 2.11. The second-order valence-electron chi connectivity index (χ2n) is 4.69. The molecule has 1 fully saturated rings. The van der Waals surface area contributed by atoms with Crippen LogP contribution in [0.4, 0.5) is 14.5 Å². The van der Waals surface area contributed by atoms with E-state index >= 15 is 0 Å². The van der Waals surface area contributed by atoms with E-state index in [9.17, 15) is 8.78 Å². The van der Waals surface area contributed by atoms with Crippen LogP contribution in [0.5, 0.6) is 5.75 Å². The molecule has 3 nitrogen and oxygen atoms in total. The highest BCUT2D eigenvalue weighted by Crippen LogP contribution is 2.31.